The molecule has 0 radical (unpaired) electrons. The van der Waals surface area contributed by atoms with Gasteiger partial charge in [-0.1, -0.05) is 245 Å². The summed E-state index contributed by atoms with van der Waals surface area (Å²) in [5, 5.41) is 0. The Kier molecular flexibility index (Phi) is 33.6. The molecule has 0 unspecified atom stereocenters. The van der Waals surface area contributed by atoms with Gasteiger partial charge in [0.25, 0.3) is 5.91 Å². The number of hydrogen-bond acceptors (Lipinski definition) is 2. The van der Waals surface area contributed by atoms with Gasteiger partial charge in [0.2, 0.25) is 0 Å². The Morgan fingerprint density at radius 2 is 0.655 bits per heavy atom. The van der Waals surface area contributed by atoms with Crippen LogP contribution in [0.25, 0.3) is 0 Å². The minimum Gasteiger partial charge on any atom is -0.365 e. The fraction of sp³-hybridized carbons (Fsp3) is 0.981. The molecule has 0 aromatic carbocycles. The zero-order valence-corrected chi connectivity index (χ0v) is 38.2. The van der Waals surface area contributed by atoms with Crippen molar-refractivity contribution < 1.29 is 9.53 Å². The molecule has 2 saturated carbocycles. The first kappa shape index (κ1) is 50.6. The summed E-state index contributed by atoms with van der Waals surface area (Å²) in [7, 11) is 0. The molecule has 55 heavy (non-hydrogen) atoms. The Morgan fingerprint density at radius 1 is 0.400 bits per heavy atom. The Bertz CT molecular complexity index is 760. The van der Waals surface area contributed by atoms with E-state index in [0.29, 0.717) is 24.3 Å². The second-order valence-corrected chi connectivity index (χ2v) is 18.8. The number of rotatable bonds is 39. The number of ether oxygens (including phenoxy) is 1. The highest BCUT2D eigenvalue weighted by Gasteiger charge is 2.53. The van der Waals surface area contributed by atoms with E-state index in [-0.39, 0.29) is 0 Å². The number of nitrogens with zero attached hydrogens (tertiary/aromatic N) is 1. The van der Waals surface area contributed by atoms with Gasteiger partial charge >= 0.3 is 0 Å². The Hall–Kier alpha value is -0.570. The van der Waals surface area contributed by atoms with Crippen molar-refractivity contribution in [2.75, 3.05) is 19.7 Å². The maximum atomic E-state index is 15.1. The first-order chi connectivity index (χ1) is 27.2. The normalized spacial score (nSPS) is 15.9. The quantitative estimate of drug-likeness (QED) is 0.0583. The Balaban J connectivity index is 1.77. The molecule has 2 fully saturated rings. The van der Waals surface area contributed by atoms with E-state index in [4.69, 9.17) is 4.74 Å². The summed E-state index contributed by atoms with van der Waals surface area (Å²) in [5.41, 5.74) is -0.570. The summed E-state index contributed by atoms with van der Waals surface area (Å²) < 4.78 is 6.93. The van der Waals surface area contributed by atoms with Crippen LogP contribution in [0.4, 0.5) is 0 Å². The van der Waals surface area contributed by atoms with Gasteiger partial charge in [0, 0.05) is 19.7 Å². The fourth-order valence-corrected chi connectivity index (χ4v) is 10.5. The molecule has 0 heterocycles. The molecule has 0 saturated heterocycles. The van der Waals surface area contributed by atoms with Crippen LogP contribution in [-0.2, 0) is 9.53 Å². The number of amides is 1. The molecule has 1 amide bonds. The van der Waals surface area contributed by atoms with E-state index >= 15 is 4.79 Å². The largest absolute Gasteiger partial charge is 0.365 e. The van der Waals surface area contributed by atoms with E-state index in [0.717, 1.165) is 13.1 Å². The van der Waals surface area contributed by atoms with Crippen LogP contribution in [0.15, 0.2) is 0 Å². The highest BCUT2D eigenvalue weighted by atomic mass is 16.5. The number of carbonyl (C=O) groups is 1. The zero-order valence-electron chi connectivity index (χ0n) is 38.2. The molecule has 2 aliphatic rings. The molecular formula is C52H101NO2. The van der Waals surface area contributed by atoms with E-state index in [1.165, 1.54) is 270 Å². The van der Waals surface area contributed by atoms with Crippen LogP contribution in [0.5, 0.6) is 0 Å². The molecule has 2 rings (SSSR count). The van der Waals surface area contributed by atoms with Gasteiger partial charge in [0.15, 0.2) is 5.60 Å². The van der Waals surface area contributed by atoms with Crippen molar-refractivity contribution in [3.05, 3.63) is 0 Å². The standard InChI is InChI=1S/C52H101NO2/c1-4-7-9-11-13-15-17-19-21-23-25-27-29-31-33-41-47-53(48-42-34-32-30-28-26-24-22-20-18-16-14-12-10-8-5-2)51(54)52(55-6-3,49-43-37-35-38-44-49)50-45-39-36-40-46-50/h49-50H,4-48H2,1-3H3. The molecule has 0 spiro atoms. The fourth-order valence-electron chi connectivity index (χ4n) is 10.5. The van der Waals surface area contributed by atoms with Crippen molar-refractivity contribution in [3.63, 3.8) is 0 Å². The van der Waals surface area contributed by atoms with Gasteiger partial charge in [0.1, 0.15) is 0 Å². The number of carbonyl (C=O) groups excluding carboxylic acids is 1. The molecule has 0 aromatic heterocycles. The van der Waals surface area contributed by atoms with Crippen LogP contribution in [0, 0.1) is 11.8 Å². The van der Waals surface area contributed by atoms with Crippen molar-refractivity contribution in [2.24, 2.45) is 11.8 Å². The average Bonchev–Trinajstić information content (AvgIpc) is 3.22. The minimum absolute atomic E-state index is 0.412. The molecule has 0 aliphatic heterocycles. The molecule has 2 aliphatic carbocycles. The van der Waals surface area contributed by atoms with Gasteiger partial charge in [-0.05, 0) is 57.3 Å². The molecule has 0 aromatic rings. The van der Waals surface area contributed by atoms with Crippen molar-refractivity contribution in [1.82, 2.24) is 4.90 Å². The highest BCUT2D eigenvalue weighted by molar-refractivity contribution is 5.86. The second kappa shape index (κ2) is 36.5. The van der Waals surface area contributed by atoms with Gasteiger partial charge in [0.05, 0.1) is 0 Å². The van der Waals surface area contributed by atoms with Crippen LogP contribution in [0.3, 0.4) is 0 Å². The molecular weight excluding hydrogens is 671 g/mol. The molecule has 3 heteroatoms. The molecule has 0 bridgehead atoms. The predicted octanol–water partition coefficient (Wildman–Crippen LogP) is 17.3. The first-order valence-electron chi connectivity index (χ1n) is 26.1. The van der Waals surface area contributed by atoms with Crippen LogP contribution >= 0.6 is 0 Å². The predicted molar refractivity (Wildman–Crippen MR) is 243 cm³/mol. The van der Waals surface area contributed by atoms with Crippen molar-refractivity contribution in [2.45, 2.75) is 296 Å². The smallest absolute Gasteiger partial charge is 0.255 e. The monoisotopic (exact) mass is 772 g/mol. The lowest BCUT2D eigenvalue weighted by Crippen LogP contribution is -2.60. The second-order valence-electron chi connectivity index (χ2n) is 18.8. The van der Waals surface area contributed by atoms with Gasteiger partial charge in [-0.2, -0.15) is 0 Å². The van der Waals surface area contributed by atoms with Crippen LogP contribution in [0.1, 0.15) is 290 Å². The Morgan fingerprint density at radius 3 is 0.909 bits per heavy atom. The summed E-state index contributed by atoms with van der Waals surface area (Å²) in [5.74, 6) is 1.24. The third-order valence-electron chi connectivity index (χ3n) is 14.0. The third-order valence-corrected chi connectivity index (χ3v) is 14.0. The Labute approximate surface area is 346 Å². The van der Waals surface area contributed by atoms with Crippen LogP contribution < -0.4 is 0 Å². The van der Waals surface area contributed by atoms with Crippen LogP contribution in [0.2, 0.25) is 0 Å². The van der Waals surface area contributed by atoms with Gasteiger partial charge in [-0.15, -0.1) is 0 Å². The van der Waals surface area contributed by atoms with Gasteiger partial charge in [-0.3, -0.25) is 4.79 Å². The summed E-state index contributed by atoms with van der Waals surface area (Å²) in [4.78, 5) is 17.5. The van der Waals surface area contributed by atoms with Gasteiger partial charge in [-0.25, -0.2) is 0 Å². The van der Waals surface area contributed by atoms with E-state index in [1.54, 1.807) is 0 Å². The lowest BCUT2D eigenvalue weighted by Gasteiger charge is -2.49. The minimum atomic E-state index is -0.570. The summed E-state index contributed by atoms with van der Waals surface area (Å²) in [6.07, 6.45) is 57.1. The molecule has 326 valence electrons. The van der Waals surface area contributed by atoms with Crippen molar-refractivity contribution in [3.8, 4) is 0 Å². The van der Waals surface area contributed by atoms with Crippen molar-refractivity contribution in [1.29, 1.82) is 0 Å². The molecule has 3 nitrogen and oxygen atoms in total. The van der Waals surface area contributed by atoms with E-state index < -0.39 is 5.60 Å². The molecule has 0 atom stereocenters. The van der Waals surface area contributed by atoms with Crippen molar-refractivity contribution >= 4 is 5.91 Å². The zero-order chi connectivity index (χ0) is 39.3. The number of hydrogen-bond donors (Lipinski definition) is 0. The van der Waals surface area contributed by atoms with E-state index in [1.807, 2.05) is 0 Å². The lowest BCUT2D eigenvalue weighted by molar-refractivity contribution is -0.184. The summed E-state index contributed by atoms with van der Waals surface area (Å²) in [6.45, 7) is 9.34. The van der Waals surface area contributed by atoms with E-state index in [9.17, 15) is 0 Å². The topological polar surface area (TPSA) is 29.5 Å². The summed E-state index contributed by atoms with van der Waals surface area (Å²) in [6, 6.07) is 0. The maximum absolute atomic E-state index is 15.1. The molecule has 0 N–H and O–H groups in total. The van der Waals surface area contributed by atoms with E-state index in [2.05, 4.69) is 25.7 Å². The number of unbranched alkanes of at least 4 members (excludes halogenated alkanes) is 30. The SMILES string of the molecule is CCCCCCCCCCCCCCCCCCN(CCCCCCCCCCCCCCCCCC)C(=O)C(OCC)(C1CCCCC1)C1CCCCC1. The summed E-state index contributed by atoms with van der Waals surface area (Å²) >= 11 is 0. The third kappa shape index (κ3) is 23.6. The van der Waals surface area contributed by atoms with Gasteiger partial charge < -0.3 is 9.64 Å². The highest BCUT2D eigenvalue weighted by Crippen LogP contribution is 2.46. The average molecular weight is 772 g/mol. The maximum Gasteiger partial charge on any atom is 0.255 e. The van der Waals surface area contributed by atoms with Crippen LogP contribution in [-0.4, -0.2) is 36.1 Å². The lowest BCUT2D eigenvalue weighted by atomic mass is 9.65. The first-order valence-corrected chi connectivity index (χ1v) is 26.1.